The SMILES string of the molecule is CC(C#N)CNC(=O)C1CCC(C)O1. The highest BCUT2D eigenvalue weighted by atomic mass is 16.5. The molecule has 1 aliphatic rings. The topological polar surface area (TPSA) is 62.1 Å². The molecular weight excluding hydrogens is 180 g/mol. The summed E-state index contributed by atoms with van der Waals surface area (Å²) in [5, 5.41) is 11.2. The van der Waals surface area contributed by atoms with E-state index in [0.717, 1.165) is 12.8 Å². The summed E-state index contributed by atoms with van der Waals surface area (Å²) in [6, 6.07) is 2.06. The fraction of sp³-hybridized carbons (Fsp3) is 0.800. The number of ether oxygens (including phenoxy) is 1. The molecule has 1 fully saturated rings. The molecule has 1 saturated heterocycles. The maximum Gasteiger partial charge on any atom is 0.249 e. The smallest absolute Gasteiger partial charge is 0.249 e. The Bertz CT molecular complexity index is 247. The second-order valence-electron chi connectivity index (χ2n) is 3.79. The molecule has 3 atom stereocenters. The summed E-state index contributed by atoms with van der Waals surface area (Å²) >= 11 is 0. The summed E-state index contributed by atoms with van der Waals surface area (Å²) in [7, 11) is 0. The van der Waals surface area contributed by atoms with Crippen LogP contribution in [0.2, 0.25) is 0 Å². The second-order valence-corrected chi connectivity index (χ2v) is 3.79. The van der Waals surface area contributed by atoms with Gasteiger partial charge in [-0.25, -0.2) is 0 Å². The Labute approximate surface area is 84.2 Å². The minimum Gasteiger partial charge on any atom is -0.365 e. The normalized spacial score (nSPS) is 28.1. The Balaban J connectivity index is 2.26. The van der Waals surface area contributed by atoms with Crippen molar-refractivity contribution >= 4 is 5.91 Å². The van der Waals surface area contributed by atoms with E-state index in [1.54, 1.807) is 6.92 Å². The largest absolute Gasteiger partial charge is 0.365 e. The number of carbonyl (C=O) groups is 1. The summed E-state index contributed by atoms with van der Waals surface area (Å²) in [5.74, 6) is -0.228. The number of nitrogens with zero attached hydrogens (tertiary/aromatic N) is 1. The number of nitrogens with one attached hydrogen (secondary N) is 1. The van der Waals surface area contributed by atoms with Crippen LogP contribution in [0, 0.1) is 17.2 Å². The van der Waals surface area contributed by atoms with Crippen LogP contribution < -0.4 is 5.32 Å². The van der Waals surface area contributed by atoms with Gasteiger partial charge in [-0.3, -0.25) is 4.79 Å². The molecule has 0 radical (unpaired) electrons. The van der Waals surface area contributed by atoms with Crippen LogP contribution in [0.5, 0.6) is 0 Å². The molecule has 0 saturated carbocycles. The van der Waals surface area contributed by atoms with Gasteiger partial charge in [0.25, 0.3) is 0 Å². The average molecular weight is 196 g/mol. The Kier molecular flexibility index (Phi) is 3.90. The first kappa shape index (κ1) is 11.0. The van der Waals surface area contributed by atoms with Crippen LogP contribution >= 0.6 is 0 Å². The average Bonchev–Trinajstić information content (AvgIpc) is 2.60. The fourth-order valence-corrected chi connectivity index (χ4v) is 1.41. The van der Waals surface area contributed by atoms with Gasteiger partial charge in [0.2, 0.25) is 5.91 Å². The molecule has 1 amide bonds. The minimum absolute atomic E-state index is 0.0866. The van der Waals surface area contributed by atoms with Crippen LogP contribution in [0.15, 0.2) is 0 Å². The molecule has 0 bridgehead atoms. The number of carbonyl (C=O) groups excluding carboxylic acids is 1. The lowest BCUT2D eigenvalue weighted by Crippen LogP contribution is -2.36. The summed E-state index contributed by atoms with van der Waals surface area (Å²) < 4.78 is 5.39. The zero-order valence-electron chi connectivity index (χ0n) is 8.62. The molecule has 0 aromatic carbocycles. The molecule has 0 aromatic heterocycles. The van der Waals surface area contributed by atoms with Crippen molar-refractivity contribution in [2.75, 3.05) is 6.54 Å². The summed E-state index contributed by atoms with van der Waals surface area (Å²) in [4.78, 5) is 11.5. The zero-order chi connectivity index (χ0) is 10.6. The van der Waals surface area contributed by atoms with E-state index in [1.165, 1.54) is 0 Å². The van der Waals surface area contributed by atoms with Gasteiger partial charge >= 0.3 is 0 Å². The summed E-state index contributed by atoms with van der Waals surface area (Å²) in [6.45, 7) is 4.15. The van der Waals surface area contributed by atoms with Gasteiger partial charge in [-0.1, -0.05) is 0 Å². The Morgan fingerprint density at radius 3 is 2.93 bits per heavy atom. The molecule has 1 aliphatic heterocycles. The summed E-state index contributed by atoms with van der Waals surface area (Å²) in [6.07, 6.45) is 1.59. The first-order chi connectivity index (χ1) is 6.63. The maximum atomic E-state index is 11.5. The molecule has 4 heteroatoms. The van der Waals surface area contributed by atoms with Gasteiger partial charge in [-0.15, -0.1) is 0 Å². The van der Waals surface area contributed by atoms with E-state index in [9.17, 15) is 4.79 Å². The predicted molar refractivity (Wildman–Crippen MR) is 51.4 cm³/mol. The highest BCUT2D eigenvalue weighted by Crippen LogP contribution is 2.18. The van der Waals surface area contributed by atoms with Gasteiger partial charge in [0.05, 0.1) is 18.1 Å². The van der Waals surface area contributed by atoms with E-state index in [-0.39, 0.29) is 24.0 Å². The third-order valence-electron chi connectivity index (χ3n) is 2.33. The van der Waals surface area contributed by atoms with Crippen LogP contribution in [0.3, 0.4) is 0 Å². The Hall–Kier alpha value is -1.08. The lowest BCUT2D eigenvalue weighted by atomic mass is 10.2. The van der Waals surface area contributed by atoms with E-state index in [0.29, 0.717) is 6.54 Å². The predicted octanol–water partition coefficient (Wildman–Crippen LogP) is 0.830. The Morgan fingerprint density at radius 1 is 1.71 bits per heavy atom. The fourth-order valence-electron chi connectivity index (χ4n) is 1.41. The van der Waals surface area contributed by atoms with Crippen molar-refractivity contribution in [2.45, 2.75) is 38.9 Å². The molecule has 0 spiro atoms. The van der Waals surface area contributed by atoms with E-state index in [1.807, 2.05) is 6.92 Å². The van der Waals surface area contributed by atoms with Crippen LogP contribution in [0.25, 0.3) is 0 Å². The second kappa shape index (κ2) is 4.97. The number of hydrogen-bond acceptors (Lipinski definition) is 3. The van der Waals surface area contributed by atoms with Crippen molar-refractivity contribution < 1.29 is 9.53 Å². The molecule has 1 N–H and O–H groups in total. The number of hydrogen-bond donors (Lipinski definition) is 1. The van der Waals surface area contributed by atoms with E-state index in [4.69, 9.17) is 10.00 Å². The molecule has 14 heavy (non-hydrogen) atoms. The van der Waals surface area contributed by atoms with Crippen molar-refractivity contribution in [3.05, 3.63) is 0 Å². The van der Waals surface area contributed by atoms with Crippen molar-refractivity contribution in [2.24, 2.45) is 5.92 Å². The van der Waals surface area contributed by atoms with Crippen LogP contribution in [-0.2, 0) is 9.53 Å². The van der Waals surface area contributed by atoms with Gasteiger partial charge < -0.3 is 10.1 Å². The highest BCUT2D eigenvalue weighted by Gasteiger charge is 2.27. The molecule has 1 rings (SSSR count). The number of rotatable bonds is 3. The van der Waals surface area contributed by atoms with Crippen LogP contribution in [0.1, 0.15) is 26.7 Å². The summed E-state index contributed by atoms with van der Waals surface area (Å²) in [5.41, 5.74) is 0. The first-order valence-electron chi connectivity index (χ1n) is 4.96. The quantitative estimate of drug-likeness (QED) is 0.727. The standard InChI is InChI=1S/C10H16N2O2/c1-7(5-11)6-12-10(13)9-4-3-8(2)14-9/h7-9H,3-4,6H2,1-2H3,(H,12,13). The highest BCUT2D eigenvalue weighted by molar-refractivity contribution is 5.81. The van der Waals surface area contributed by atoms with Gasteiger partial charge in [-0.05, 0) is 26.7 Å². The van der Waals surface area contributed by atoms with Crippen LogP contribution in [-0.4, -0.2) is 24.7 Å². The molecule has 1 heterocycles. The van der Waals surface area contributed by atoms with Gasteiger partial charge in [0, 0.05) is 6.54 Å². The third-order valence-corrected chi connectivity index (χ3v) is 2.33. The number of nitriles is 1. The minimum atomic E-state index is -0.309. The van der Waals surface area contributed by atoms with Crippen molar-refractivity contribution in [1.82, 2.24) is 5.32 Å². The lowest BCUT2D eigenvalue weighted by Gasteiger charge is -2.12. The van der Waals surface area contributed by atoms with Crippen molar-refractivity contribution in [1.29, 1.82) is 5.26 Å². The Morgan fingerprint density at radius 2 is 2.43 bits per heavy atom. The van der Waals surface area contributed by atoms with Gasteiger partial charge in [-0.2, -0.15) is 5.26 Å². The third kappa shape index (κ3) is 3.00. The van der Waals surface area contributed by atoms with E-state index >= 15 is 0 Å². The van der Waals surface area contributed by atoms with Crippen molar-refractivity contribution in [3.8, 4) is 6.07 Å². The van der Waals surface area contributed by atoms with Crippen LogP contribution in [0.4, 0.5) is 0 Å². The van der Waals surface area contributed by atoms with E-state index in [2.05, 4.69) is 11.4 Å². The lowest BCUT2D eigenvalue weighted by molar-refractivity contribution is -0.131. The van der Waals surface area contributed by atoms with E-state index < -0.39 is 0 Å². The molecule has 4 nitrogen and oxygen atoms in total. The maximum absolute atomic E-state index is 11.5. The monoisotopic (exact) mass is 196 g/mol. The molecule has 3 unspecified atom stereocenters. The molecule has 0 aliphatic carbocycles. The van der Waals surface area contributed by atoms with Crippen molar-refractivity contribution in [3.63, 3.8) is 0 Å². The molecule has 0 aromatic rings. The van der Waals surface area contributed by atoms with Gasteiger partial charge in [0.15, 0.2) is 0 Å². The van der Waals surface area contributed by atoms with Gasteiger partial charge in [0.1, 0.15) is 6.10 Å². The molecule has 78 valence electrons. The molecular formula is C10H16N2O2. The first-order valence-corrected chi connectivity index (χ1v) is 4.96. The zero-order valence-corrected chi connectivity index (χ0v) is 8.62. The number of amides is 1.